The zero-order chi connectivity index (χ0) is 21.0. The van der Waals surface area contributed by atoms with E-state index in [1.807, 2.05) is 0 Å². The molecule has 2 aliphatic rings. The van der Waals surface area contributed by atoms with Crippen LogP contribution in [0.25, 0.3) is 5.57 Å². The highest BCUT2D eigenvalue weighted by molar-refractivity contribution is 6.30. The molecule has 1 saturated heterocycles. The molecule has 3 rings (SSSR count). The first kappa shape index (κ1) is 20.9. The number of nitroso groups, excluding NO2 is 1. The third-order valence-corrected chi connectivity index (χ3v) is 5.05. The number of nitrogens with zero attached hydrogens (tertiary/aromatic N) is 2. The first-order valence-corrected chi connectivity index (χ1v) is 9.65. The van der Waals surface area contributed by atoms with Crippen molar-refractivity contribution < 1.29 is 18.7 Å². The predicted molar refractivity (Wildman–Crippen MR) is 108 cm³/mol. The van der Waals surface area contributed by atoms with Crippen molar-refractivity contribution in [2.24, 2.45) is 5.18 Å². The van der Waals surface area contributed by atoms with E-state index in [0.717, 1.165) is 12.8 Å². The Morgan fingerprint density at radius 2 is 2.00 bits per heavy atom. The number of hydrogen-bond acceptors (Lipinski definition) is 4. The topological polar surface area (TPSA) is 76.0 Å². The largest absolute Gasteiger partial charge is 0.480 e. The molecule has 1 fully saturated rings. The van der Waals surface area contributed by atoms with Crippen molar-refractivity contribution in [3.05, 3.63) is 63.6 Å². The highest BCUT2D eigenvalue weighted by Crippen LogP contribution is 2.33. The highest BCUT2D eigenvalue weighted by atomic mass is 35.5. The summed E-state index contributed by atoms with van der Waals surface area (Å²) in [7, 11) is 0. The van der Waals surface area contributed by atoms with Crippen LogP contribution in [0.15, 0.2) is 53.3 Å². The molecule has 6 nitrogen and oxygen atoms in total. The molecule has 1 aromatic rings. The standard InChI is InChI=1S/C21H20ClFN2O4/c1-13(20(26)24-28)29-19-9-6-15(22)12-17(19)14-4-7-16(18(23)8-5-14)21(27)25-10-2-3-11-25/h4-9,12-13,18H,2-3,10-11H2,1H3. The van der Waals surface area contributed by atoms with Crippen molar-refractivity contribution in [1.29, 1.82) is 0 Å². The molecular formula is C21H20ClFN2O4. The van der Waals surface area contributed by atoms with Gasteiger partial charge in [-0.1, -0.05) is 23.8 Å². The number of allylic oxidation sites excluding steroid dienone is 5. The third kappa shape index (κ3) is 4.79. The smallest absolute Gasteiger partial charge is 0.326 e. The second-order valence-electron chi connectivity index (χ2n) is 6.83. The minimum Gasteiger partial charge on any atom is -0.480 e. The van der Waals surface area contributed by atoms with Crippen molar-refractivity contribution in [2.75, 3.05) is 13.1 Å². The summed E-state index contributed by atoms with van der Waals surface area (Å²) in [5.74, 6) is -0.970. The normalized spacial score (nSPS) is 19.8. The minimum absolute atomic E-state index is 0.0661. The molecule has 1 aromatic carbocycles. The number of amides is 2. The van der Waals surface area contributed by atoms with Gasteiger partial charge in [0, 0.05) is 28.9 Å². The van der Waals surface area contributed by atoms with Gasteiger partial charge in [-0.05, 0) is 55.7 Å². The van der Waals surface area contributed by atoms with E-state index in [4.69, 9.17) is 16.3 Å². The lowest BCUT2D eigenvalue weighted by Crippen LogP contribution is -2.31. The second kappa shape index (κ2) is 9.13. The van der Waals surface area contributed by atoms with E-state index in [1.54, 1.807) is 29.2 Å². The van der Waals surface area contributed by atoms with Crippen LogP contribution in [0.5, 0.6) is 5.75 Å². The summed E-state index contributed by atoms with van der Waals surface area (Å²) >= 11 is 6.10. The van der Waals surface area contributed by atoms with Crippen LogP contribution in [0.1, 0.15) is 25.3 Å². The quantitative estimate of drug-likeness (QED) is 0.670. The van der Waals surface area contributed by atoms with E-state index in [1.165, 1.54) is 25.2 Å². The van der Waals surface area contributed by atoms with Crippen molar-refractivity contribution in [3.63, 3.8) is 0 Å². The first-order chi connectivity index (χ1) is 13.9. The van der Waals surface area contributed by atoms with Crippen molar-refractivity contribution >= 4 is 29.0 Å². The number of rotatable bonds is 5. The molecule has 0 aromatic heterocycles. The fourth-order valence-corrected chi connectivity index (χ4v) is 3.41. The molecule has 2 amide bonds. The van der Waals surface area contributed by atoms with Crippen LogP contribution in [-0.4, -0.2) is 42.1 Å². The Morgan fingerprint density at radius 1 is 1.28 bits per heavy atom. The van der Waals surface area contributed by atoms with Gasteiger partial charge in [-0.2, -0.15) is 0 Å². The Morgan fingerprint density at radius 3 is 2.69 bits per heavy atom. The Hall–Kier alpha value is -2.80. The Kier molecular flexibility index (Phi) is 6.59. The van der Waals surface area contributed by atoms with Gasteiger partial charge in [0.1, 0.15) is 11.9 Å². The molecule has 1 heterocycles. The summed E-state index contributed by atoms with van der Waals surface area (Å²) in [4.78, 5) is 36.2. The molecule has 8 heteroatoms. The van der Waals surface area contributed by atoms with Gasteiger partial charge in [0.25, 0.3) is 5.91 Å². The second-order valence-corrected chi connectivity index (χ2v) is 7.27. The summed E-state index contributed by atoms with van der Waals surface area (Å²) in [6.45, 7) is 2.67. The lowest BCUT2D eigenvalue weighted by molar-refractivity contribution is -0.126. The lowest BCUT2D eigenvalue weighted by Gasteiger charge is -2.17. The van der Waals surface area contributed by atoms with E-state index in [2.05, 4.69) is 5.18 Å². The van der Waals surface area contributed by atoms with Crippen LogP contribution in [0.3, 0.4) is 0 Å². The van der Waals surface area contributed by atoms with Crippen LogP contribution in [-0.2, 0) is 9.59 Å². The lowest BCUT2D eigenvalue weighted by atomic mass is 10.0. The maximum Gasteiger partial charge on any atom is 0.326 e. The molecule has 29 heavy (non-hydrogen) atoms. The number of ether oxygens (including phenoxy) is 1. The zero-order valence-electron chi connectivity index (χ0n) is 15.8. The van der Waals surface area contributed by atoms with Crippen LogP contribution >= 0.6 is 11.6 Å². The maximum atomic E-state index is 14.7. The number of carbonyl (C=O) groups is 2. The van der Waals surface area contributed by atoms with Gasteiger partial charge in [-0.15, -0.1) is 4.91 Å². The number of carbonyl (C=O) groups excluding carboxylic acids is 2. The third-order valence-electron chi connectivity index (χ3n) is 4.82. The predicted octanol–water partition coefficient (Wildman–Crippen LogP) is 4.24. The molecule has 1 aliphatic carbocycles. The summed E-state index contributed by atoms with van der Waals surface area (Å²) in [6, 6.07) is 4.73. The van der Waals surface area contributed by atoms with Crippen LogP contribution in [0, 0.1) is 4.91 Å². The zero-order valence-corrected chi connectivity index (χ0v) is 16.6. The molecular weight excluding hydrogens is 399 g/mol. The Labute approximate surface area is 172 Å². The van der Waals surface area contributed by atoms with E-state index < -0.39 is 18.2 Å². The Balaban J connectivity index is 1.94. The number of hydrogen-bond donors (Lipinski definition) is 0. The average Bonchev–Trinajstić information content (AvgIpc) is 3.18. The summed E-state index contributed by atoms with van der Waals surface area (Å²) in [5, 5.41) is 2.78. The van der Waals surface area contributed by atoms with Gasteiger partial charge in [0.05, 0.1) is 5.57 Å². The molecule has 0 radical (unpaired) electrons. The van der Waals surface area contributed by atoms with Gasteiger partial charge >= 0.3 is 5.91 Å². The van der Waals surface area contributed by atoms with Crippen LogP contribution in [0.4, 0.5) is 4.39 Å². The number of likely N-dealkylation sites (tertiary alicyclic amines) is 1. The average molecular weight is 419 g/mol. The molecule has 0 spiro atoms. The fraction of sp³-hybridized carbons (Fsp3) is 0.333. The van der Waals surface area contributed by atoms with Crippen molar-refractivity contribution in [2.45, 2.75) is 32.0 Å². The number of alkyl halides is 1. The number of benzene rings is 1. The molecule has 0 bridgehead atoms. The maximum absolute atomic E-state index is 14.7. The number of halogens is 2. The van der Waals surface area contributed by atoms with E-state index in [9.17, 15) is 18.9 Å². The van der Waals surface area contributed by atoms with E-state index in [0.29, 0.717) is 29.2 Å². The van der Waals surface area contributed by atoms with Crippen molar-refractivity contribution in [1.82, 2.24) is 4.90 Å². The van der Waals surface area contributed by atoms with Gasteiger partial charge in [0.15, 0.2) is 6.10 Å². The fourth-order valence-electron chi connectivity index (χ4n) is 3.24. The van der Waals surface area contributed by atoms with Gasteiger partial charge in [0.2, 0.25) is 0 Å². The first-order valence-electron chi connectivity index (χ1n) is 9.28. The summed E-state index contributed by atoms with van der Waals surface area (Å²) < 4.78 is 20.2. The van der Waals surface area contributed by atoms with Gasteiger partial charge in [-0.3, -0.25) is 9.59 Å². The van der Waals surface area contributed by atoms with E-state index in [-0.39, 0.29) is 17.2 Å². The van der Waals surface area contributed by atoms with Gasteiger partial charge in [-0.25, -0.2) is 4.39 Å². The molecule has 0 saturated carbocycles. The van der Waals surface area contributed by atoms with E-state index >= 15 is 0 Å². The Bertz CT molecular complexity index is 919. The monoisotopic (exact) mass is 418 g/mol. The molecule has 0 N–H and O–H groups in total. The SMILES string of the molecule is CC(Oc1ccc(Cl)cc1C1=CC=C(C(=O)N2CCCC2)C(F)C=C1)C(=O)N=O. The summed E-state index contributed by atoms with van der Waals surface area (Å²) in [6.07, 6.45) is 5.12. The highest BCUT2D eigenvalue weighted by Gasteiger charge is 2.27. The van der Waals surface area contributed by atoms with Crippen molar-refractivity contribution in [3.8, 4) is 5.75 Å². The molecule has 2 unspecified atom stereocenters. The molecule has 2 atom stereocenters. The summed E-state index contributed by atoms with van der Waals surface area (Å²) in [5.41, 5.74) is 1.11. The van der Waals surface area contributed by atoms with Crippen LogP contribution in [0.2, 0.25) is 5.02 Å². The van der Waals surface area contributed by atoms with Gasteiger partial charge < -0.3 is 9.64 Å². The molecule has 1 aliphatic heterocycles. The minimum atomic E-state index is -1.54. The van der Waals surface area contributed by atoms with Crippen LogP contribution < -0.4 is 4.74 Å². The molecule has 152 valence electrons.